The summed E-state index contributed by atoms with van der Waals surface area (Å²) in [7, 11) is 1.48. The highest BCUT2D eigenvalue weighted by molar-refractivity contribution is 5.87. The molecule has 0 unspecified atom stereocenters. The Bertz CT molecular complexity index is 191. The first-order chi connectivity index (χ1) is 5.74. The zero-order valence-corrected chi connectivity index (χ0v) is 7.21. The summed E-state index contributed by atoms with van der Waals surface area (Å²) in [5.41, 5.74) is 0. The standard InChI is InChI=1S/C8H13NO3/c1-12-6-8(11)9-4-2-3-7(10)5-9/h2-6H2,1H3. The number of ketones is 1. The number of amides is 1. The molecule has 4 nitrogen and oxygen atoms in total. The van der Waals surface area contributed by atoms with E-state index in [0.29, 0.717) is 13.0 Å². The van der Waals surface area contributed by atoms with E-state index in [-0.39, 0.29) is 24.8 Å². The van der Waals surface area contributed by atoms with E-state index in [1.807, 2.05) is 0 Å². The van der Waals surface area contributed by atoms with E-state index in [4.69, 9.17) is 0 Å². The Morgan fingerprint density at radius 1 is 1.67 bits per heavy atom. The number of rotatable bonds is 2. The van der Waals surface area contributed by atoms with Crippen molar-refractivity contribution in [2.75, 3.05) is 26.8 Å². The maximum Gasteiger partial charge on any atom is 0.248 e. The summed E-state index contributed by atoms with van der Waals surface area (Å²) < 4.78 is 4.69. The molecular weight excluding hydrogens is 158 g/mol. The molecule has 0 aromatic rings. The van der Waals surface area contributed by atoms with Crippen molar-refractivity contribution in [2.24, 2.45) is 0 Å². The van der Waals surface area contributed by atoms with Crippen LogP contribution in [-0.4, -0.2) is 43.4 Å². The molecule has 0 saturated carbocycles. The number of ether oxygens (including phenoxy) is 1. The minimum absolute atomic E-state index is 0.0767. The summed E-state index contributed by atoms with van der Waals surface area (Å²) in [4.78, 5) is 23.7. The lowest BCUT2D eigenvalue weighted by Gasteiger charge is -2.25. The Morgan fingerprint density at radius 2 is 2.42 bits per heavy atom. The molecule has 1 heterocycles. The maximum absolute atomic E-state index is 11.2. The predicted octanol–water partition coefficient (Wildman–Crippen LogP) is -0.176. The molecule has 0 spiro atoms. The average Bonchev–Trinajstić information content (AvgIpc) is 2.05. The third kappa shape index (κ3) is 2.30. The molecule has 68 valence electrons. The largest absolute Gasteiger partial charge is 0.375 e. The fourth-order valence-electron chi connectivity index (χ4n) is 1.27. The van der Waals surface area contributed by atoms with Crippen LogP contribution in [0.3, 0.4) is 0 Å². The molecule has 0 atom stereocenters. The first-order valence-electron chi connectivity index (χ1n) is 4.02. The number of hydrogen-bond acceptors (Lipinski definition) is 3. The van der Waals surface area contributed by atoms with Crippen LogP contribution in [0.5, 0.6) is 0 Å². The van der Waals surface area contributed by atoms with Crippen LogP contribution in [0.1, 0.15) is 12.8 Å². The zero-order chi connectivity index (χ0) is 8.97. The number of Topliss-reactive ketones (excluding diaryl/α,β-unsaturated/α-hetero) is 1. The van der Waals surface area contributed by atoms with Gasteiger partial charge in [-0.05, 0) is 6.42 Å². The summed E-state index contributed by atoms with van der Waals surface area (Å²) >= 11 is 0. The Balaban J connectivity index is 2.40. The molecule has 1 saturated heterocycles. The number of hydrogen-bond donors (Lipinski definition) is 0. The fourth-order valence-corrected chi connectivity index (χ4v) is 1.27. The topological polar surface area (TPSA) is 46.6 Å². The van der Waals surface area contributed by atoms with E-state index in [9.17, 15) is 9.59 Å². The summed E-state index contributed by atoms with van der Waals surface area (Å²) in [6, 6.07) is 0. The smallest absolute Gasteiger partial charge is 0.248 e. The molecule has 0 aromatic carbocycles. The molecule has 12 heavy (non-hydrogen) atoms. The van der Waals surface area contributed by atoms with E-state index in [0.717, 1.165) is 6.42 Å². The number of carbonyl (C=O) groups is 2. The lowest BCUT2D eigenvalue weighted by atomic mass is 10.1. The fraction of sp³-hybridized carbons (Fsp3) is 0.750. The van der Waals surface area contributed by atoms with Crippen molar-refractivity contribution in [2.45, 2.75) is 12.8 Å². The van der Waals surface area contributed by atoms with Crippen LogP contribution in [0, 0.1) is 0 Å². The van der Waals surface area contributed by atoms with Crippen LogP contribution in [-0.2, 0) is 14.3 Å². The maximum atomic E-state index is 11.2. The molecule has 4 heteroatoms. The van der Waals surface area contributed by atoms with Crippen molar-refractivity contribution in [3.63, 3.8) is 0 Å². The number of likely N-dealkylation sites (tertiary alicyclic amines) is 1. The van der Waals surface area contributed by atoms with Gasteiger partial charge in [0.05, 0.1) is 6.54 Å². The van der Waals surface area contributed by atoms with Gasteiger partial charge < -0.3 is 9.64 Å². The van der Waals surface area contributed by atoms with E-state index >= 15 is 0 Å². The number of carbonyl (C=O) groups excluding carboxylic acids is 2. The van der Waals surface area contributed by atoms with Crippen molar-refractivity contribution in [3.05, 3.63) is 0 Å². The van der Waals surface area contributed by atoms with Crippen LogP contribution in [0.15, 0.2) is 0 Å². The molecular formula is C8H13NO3. The minimum Gasteiger partial charge on any atom is -0.375 e. The Labute approximate surface area is 71.5 Å². The highest BCUT2D eigenvalue weighted by atomic mass is 16.5. The summed E-state index contributed by atoms with van der Waals surface area (Å²) in [6.45, 7) is 1.03. The van der Waals surface area contributed by atoms with Crippen molar-refractivity contribution in [1.29, 1.82) is 0 Å². The molecule has 0 bridgehead atoms. The lowest BCUT2D eigenvalue weighted by Crippen LogP contribution is -2.41. The van der Waals surface area contributed by atoms with Crippen molar-refractivity contribution in [1.82, 2.24) is 4.90 Å². The van der Waals surface area contributed by atoms with Gasteiger partial charge >= 0.3 is 0 Å². The molecule has 0 aliphatic carbocycles. The van der Waals surface area contributed by atoms with Crippen LogP contribution < -0.4 is 0 Å². The third-order valence-corrected chi connectivity index (χ3v) is 1.87. The number of piperidine rings is 1. The molecule has 1 fully saturated rings. The van der Waals surface area contributed by atoms with Gasteiger partial charge in [0, 0.05) is 20.1 Å². The molecule has 1 amide bonds. The van der Waals surface area contributed by atoms with Crippen LogP contribution in [0.25, 0.3) is 0 Å². The Morgan fingerprint density at radius 3 is 3.00 bits per heavy atom. The summed E-state index contributed by atoms with van der Waals surface area (Å²) in [5.74, 6) is 0.0521. The van der Waals surface area contributed by atoms with Crippen molar-refractivity contribution < 1.29 is 14.3 Å². The van der Waals surface area contributed by atoms with Gasteiger partial charge in [-0.1, -0.05) is 0 Å². The van der Waals surface area contributed by atoms with E-state index in [1.165, 1.54) is 7.11 Å². The number of methoxy groups -OCH3 is 1. The first kappa shape index (κ1) is 9.19. The molecule has 1 rings (SSSR count). The average molecular weight is 171 g/mol. The van der Waals surface area contributed by atoms with Gasteiger partial charge in [-0.15, -0.1) is 0 Å². The lowest BCUT2D eigenvalue weighted by molar-refractivity contribution is -0.140. The normalized spacial score (nSPS) is 18.1. The Kier molecular flexibility index (Phi) is 3.22. The van der Waals surface area contributed by atoms with Gasteiger partial charge in [0.15, 0.2) is 5.78 Å². The quantitative estimate of drug-likeness (QED) is 0.579. The van der Waals surface area contributed by atoms with E-state index < -0.39 is 0 Å². The van der Waals surface area contributed by atoms with E-state index in [2.05, 4.69) is 4.74 Å². The second-order valence-electron chi connectivity index (χ2n) is 2.89. The molecule has 0 N–H and O–H groups in total. The van der Waals surface area contributed by atoms with Gasteiger partial charge in [0.1, 0.15) is 6.61 Å². The molecule has 1 aliphatic heterocycles. The van der Waals surface area contributed by atoms with Crippen molar-refractivity contribution >= 4 is 11.7 Å². The summed E-state index contributed by atoms with van der Waals surface area (Å²) in [6.07, 6.45) is 1.39. The highest BCUT2D eigenvalue weighted by Crippen LogP contribution is 2.05. The second kappa shape index (κ2) is 4.21. The summed E-state index contributed by atoms with van der Waals surface area (Å²) in [5, 5.41) is 0. The van der Waals surface area contributed by atoms with Gasteiger partial charge in [0.2, 0.25) is 5.91 Å². The minimum atomic E-state index is -0.0921. The first-order valence-corrected chi connectivity index (χ1v) is 4.02. The van der Waals surface area contributed by atoms with Crippen molar-refractivity contribution in [3.8, 4) is 0 Å². The third-order valence-electron chi connectivity index (χ3n) is 1.87. The SMILES string of the molecule is COCC(=O)N1CCCC(=O)C1. The number of nitrogens with zero attached hydrogens (tertiary/aromatic N) is 1. The van der Waals surface area contributed by atoms with E-state index in [1.54, 1.807) is 4.90 Å². The van der Waals surface area contributed by atoms with Crippen LogP contribution in [0.2, 0.25) is 0 Å². The zero-order valence-electron chi connectivity index (χ0n) is 7.21. The molecule has 0 radical (unpaired) electrons. The van der Waals surface area contributed by atoms with Gasteiger partial charge in [-0.2, -0.15) is 0 Å². The van der Waals surface area contributed by atoms with Crippen LogP contribution >= 0.6 is 0 Å². The predicted molar refractivity (Wildman–Crippen MR) is 42.7 cm³/mol. The molecule has 1 aliphatic rings. The molecule has 0 aromatic heterocycles. The Hall–Kier alpha value is -0.900. The van der Waals surface area contributed by atoms with Gasteiger partial charge in [0.25, 0.3) is 0 Å². The van der Waals surface area contributed by atoms with Gasteiger partial charge in [-0.3, -0.25) is 9.59 Å². The second-order valence-corrected chi connectivity index (χ2v) is 2.89. The van der Waals surface area contributed by atoms with Crippen LogP contribution in [0.4, 0.5) is 0 Å². The van der Waals surface area contributed by atoms with Gasteiger partial charge in [-0.25, -0.2) is 0 Å². The monoisotopic (exact) mass is 171 g/mol. The highest BCUT2D eigenvalue weighted by Gasteiger charge is 2.20.